The van der Waals surface area contributed by atoms with Crippen LogP contribution in [0.15, 0.2) is 6.07 Å². The second-order valence-corrected chi connectivity index (χ2v) is 11.3. The van der Waals surface area contributed by atoms with Crippen molar-refractivity contribution < 1.29 is 9.59 Å². The lowest BCUT2D eigenvalue weighted by Crippen LogP contribution is -2.46. The van der Waals surface area contributed by atoms with E-state index in [1.165, 1.54) is 17.7 Å². The third-order valence-corrected chi connectivity index (χ3v) is 8.19. The molecule has 9 nitrogen and oxygen atoms in total. The number of amides is 2. The van der Waals surface area contributed by atoms with Crippen LogP contribution >= 0.6 is 23.6 Å². The predicted molar refractivity (Wildman–Crippen MR) is 142 cm³/mol. The molecule has 0 aliphatic heterocycles. The van der Waals surface area contributed by atoms with Gasteiger partial charge >= 0.3 is 0 Å². The van der Waals surface area contributed by atoms with Crippen molar-refractivity contribution in [1.82, 2.24) is 25.8 Å². The van der Waals surface area contributed by atoms with Crippen molar-refractivity contribution >= 4 is 51.3 Å². The summed E-state index contributed by atoms with van der Waals surface area (Å²) < 4.78 is 1.87. The number of rotatable bonds is 9. The molecule has 2 aromatic rings. The Morgan fingerprint density at radius 2 is 2.03 bits per heavy atom. The molecule has 0 bridgehead atoms. The molecule has 0 spiro atoms. The summed E-state index contributed by atoms with van der Waals surface area (Å²) in [6, 6.07) is 2.06. The van der Waals surface area contributed by atoms with Gasteiger partial charge in [0.25, 0.3) is 5.91 Å². The van der Waals surface area contributed by atoms with E-state index in [4.69, 9.17) is 12.2 Å². The highest BCUT2D eigenvalue weighted by molar-refractivity contribution is 7.80. The number of fused-ring (bicyclic) bond motifs is 1. The Kier molecular flexibility index (Phi) is 6.97. The molecule has 2 amide bonds. The van der Waals surface area contributed by atoms with Gasteiger partial charge < -0.3 is 16.0 Å². The van der Waals surface area contributed by atoms with E-state index in [0.717, 1.165) is 49.3 Å². The van der Waals surface area contributed by atoms with Crippen LogP contribution in [0.3, 0.4) is 0 Å². The normalized spacial score (nSPS) is 19.0. The number of thiocarbonyl (C=S) groups is 1. The van der Waals surface area contributed by atoms with Crippen LogP contribution in [0, 0.1) is 18.8 Å². The number of aromatic nitrogens is 2. The van der Waals surface area contributed by atoms with Crippen molar-refractivity contribution in [2.24, 2.45) is 11.8 Å². The van der Waals surface area contributed by atoms with Gasteiger partial charge in [-0.2, -0.15) is 5.10 Å². The van der Waals surface area contributed by atoms with Crippen molar-refractivity contribution in [1.29, 1.82) is 0 Å². The fourth-order valence-electron chi connectivity index (χ4n) is 4.47. The highest BCUT2D eigenvalue weighted by atomic mass is 32.1. The minimum Gasteiger partial charge on any atom is -0.358 e. The van der Waals surface area contributed by atoms with Gasteiger partial charge in [-0.25, -0.2) is 4.68 Å². The number of aryl methyl sites for hydroxylation is 3. The molecule has 2 saturated carbocycles. The summed E-state index contributed by atoms with van der Waals surface area (Å²) in [5.41, 5.74) is 8.81. The van der Waals surface area contributed by atoms with Crippen LogP contribution in [0.1, 0.15) is 65.5 Å². The molecule has 3 aliphatic rings. The van der Waals surface area contributed by atoms with E-state index in [1.807, 2.05) is 24.6 Å². The van der Waals surface area contributed by atoms with Crippen LogP contribution in [0.4, 0.5) is 10.8 Å². The van der Waals surface area contributed by atoms with Gasteiger partial charge in [-0.05, 0) is 82.5 Å². The summed E-state index contributed by atoms with van der Waals surface area (Å²) in [5.74, 6) is 1.49. The van der Waals surface area contributed by atoms with Gasteiger partial charge in [0.1, 0.15) is 10.8 Å². The molecular weight excluding hydrogens is 482 g/mol. The van der Waals surface area contributed by atoms with Gasteiger partial charge in [0.05, 0.1) is 11.3 Å². The largest absolute Gasteiger partial charge is 0.358 e. The zero-order chi connectivity index (χ0) is 24.5. The number of hydrogen-bond donors (Lipinski definition) is 5. The Morgan fingerprint density at radius 1 is 1.23 bits per heavy atom. The number of carbonyl (C=O) groups is 2. The number of hydrazine groups is 1. The Labute approximate surface area is 214 Å². The minimum atomic E-state index is -0.0771. The SMILES string of the molecule is CCn1nc(C)cc1NNC(=S)N[C@H]1CCc2sc(NC(=O)C3CC3)c(C(=O)NCC3CC3)c2C1. The zero-order valence-electron chi connectivity index (χ0n) is 20.2. The van der Waals surface area contributed by atoms with Crippen LogP contribution in [0.25, 0.3) is 0 Å². The average molecular weight is 516 g/mol. The highest BCUT2D eigenvalue weighted by Crippen LogP contribution is 2.40. The monoisotopic (exact) mass is 515 g/mol. The molecule has 0 unspecified atom stereocenters. The van der Waals surface area contributed by atoms with E-state index in [1.54, 1.807) is 11.3 Å². The summed E-state index contributed by atoms with van der Waals surface area (Å²) >= 11 is 7.09. The average Bonchev–Trinajstić information content (AvgIpc) is 3.76. The highest BCUT2D eigenvalue weighted by Gasteiger charge is 2.34. The van der Waals surface area contributed by atoms with E-state index in [0.29, 0.717) is 34.6 Å². The van der Waals surface area contributed by atoms with E-state index in [2.05, 4.69) is 31.9 Å². The molecule has 0 radical (unpaired) electrons. The number of nitrogens with zero attached hydrogens (tertiary/aromatic N) is 2. The van der Waals surface area contributed by atoms with E-state index in [-0.39, 0.29) is 23.8 Å². The Morgan fingerprint density at radius 3 is 2.74 bits per heavy atom. The van der Waals surface area contributed by atoms with Crippen molar-refractivity contribution in [3.63, 3.8) is 0 Å². The van der Waals surface area contributed by atoms with E-state index >= 15 is 0 Å². The lowest BCUT2D eigenvalue weighted by molar-refractivity contribution is -0.117. The third-order valence-electron chi connectivity index (χ3n) is 6.76. The first-order valence-corrected chi connectivity index (χ1v) is 13.7. The summed E-state index contributed by atoms with van der Waals surface area (Å²) in [6.07, 6.45) is 6.66. The maximum absolute atomic E-state index is 13.2. The fraction of sp³-hybridized carbons (Fsp3) is 0.583. The van der Waals surface area contributed by atoms with Crippen LogP contribution < -0.4 is 26.8 Å². The number of carbonyl (C=O) groups excluding carboxylic acids is 2. The van der Waals surface area contributed by atoms with Crippen molar-refractivity contribution in [2.45, 2.75) is 71.4 Å². The van der Waals surface area contributed by atoms with Gasteiger partial charge in [-0.1, -0.05) is 0 Å². The maximum atomic E-state index is 13.2. The standard InChI is InChI=1S/C24H33N7O2S2/c1-3-31-19(10-13(2)30-31)28-29-24(34)26-16-8-9-18-17(11-16)20(22(33)25-12-14-4-5-14)23(35-18)27-21(32)15-6-7-15/h10,14-16,28H,3-9,11-12H2,1-2H3,(H,25,33)(H,27,32)(H2,26,29,34)/t16-/m0/s1. The molecule has 0 aromatic carbocycles. The second kappa shape index (κ2) is 10.1. The molecule has 3 aliphatic carbocycles. The van der Waals surface area contributed by atoms with Crippen molar-refractivity contribution in [2.75, 3.05) is 17.3 Å². The minimum absolute atomic E-state index is 0.0347. The first kappa shape index (κ1) is 24.1. The van der Waals surface area contributed by atoms with Crippen LogP contribution in [-0.2, 0) is 24.2 Å². The summed E-state index contributed by atoms with van der Waals surface area (Å²) in [6.45, 7) is 5.45. The fourth-order valence-corrected chi connectivity index (χ4v) is 5.93. The number of anilines is 2. The first-order valence-electron chi connectivity index (χ1n) is 12.5. The predicted octanol–water partition coefficient (Wildman–Crippen LogP) is 3.11. The third kappa shape index (κ3) is 5.78. The van der Waals surface area contributed by atoms with Gasteiger partial charge in [0.15, 0.2) is 5.11 Å². The smallest absolute Gasteiger partial charge is 0.254 e. The molecular formula is C24H33N7O2S2. The molecule has 2 heterocycles. The maximum Gasteiger partial charge on any atom is 0.254 e. The quantitative estimate of drug-likeness (QED) is 0.258. The van der Waals surface area contributed by atoms with Crippen LogP contribution in [0.2, 0.25) is 0 Å². The molecule has 5 rings (SSSR count). The number of hydrogen-bond acceptors (Lipinski definition) is 6. The number of thiophene rings is 1. The van der Waals surface area contributed by atoms with E-state index < -0.39 is 0 Å². The topological polar surface area (TPSA) is 112 Å². The lowest BCUT2D eigenvalue weighted by atomic mass is 9.91. The molecule has 0 saturated heterocycles. The lowest BCUT2D eigenvalue weighted by Gasteiger charge is -2.25. The molecule has 188 valence electrons. The van der Waals surface area contributed by atoms with E-state index in [9.17, 15) is 9.59 Å². The summed E-state index contributed by atoms with van der Waals surface area (Å²) in [4.78, 5) is 26.9. The van der Waals surface area contributed by atoms with Crippen LogP contribution in [0.5, 0.6) is 0 Å². The molecule has 35 heavy (non-hydrogen) atoms. The van der Waals surface area contributed by atoms with Gasteiger partial charge in [0.2, 0.25) is 5.91 Å². The Balaban J connectivity index is 1.25. The molecule has 1 atom stereocenters. The molecule has 11 heteroatoms. The van der Waals surface area contributed by atoms with Gasteiger partial charge in [-0.3, -0.25) is 20.4 Å². The summed E-state index contributed by atoms with van der Waals surface area (Å²) in [5, 5.41) is 15.2. The summed E-state index contributed by atoms with van der Waals surface area (Å²) in [7, 11) is 0. The van der Waals surface area contributed by atoms with Gasteiger partial charge in [0, 0.05) is 36.0 Å². The molecule has 2 fully saturated rings. The molecule has 5 N–H and O–H groups in total. The number of nitrogens with one attached hydrogen (secondary N) is 5. The Bertz CT molecular complexity index is 1130. The molecule has 2 aromatic heterocycles. The first-order chi connectivity index (χ1) is 16.9. The van der Waals surface area contributed by atoms with Crippen molar-refractivity contribution in [3.05, 3.63) is 27.8 Å². The van der Waals surface area contributed by atoms with Crippen molar-refractivity contribution in [3.8, 4) is 0 Å². The van der Waals surface area contributed by atoms with Crippen LogP contribution in [-0.4, -0.2) is 39.3 Å². The second-order valence-electron chi connectivity index (χ2n) is 9.77. The van der Waals surface area contributed by atoms with Gasteiger partial charge in [-0.15, -0.1) is 11.3 Å². The Hall–Kier alpha value is -2.66. The zero-order valence-corrected chi connectivity index (χ0v) is 21.8.